The van der Waals surface area contributed by atoms with Gasteiger partial charge in [-0.15, -0.1) is 0 Å². The molecule has 0 saturated carbocycles. The molecule has 0 aromatic heterocycles. The zero-order valence-corrected chi connectivity index (χ0v) is 17.8. The molecular weight excluding hydrogens is 507 g/mol. The van der Waals surface area contributed by atoms with E-state index in [1.165, 1.54) is 0 Å². The number of carboxylic acid groups (broad SMARTS) is 1. The summed E-state index contributed by atoms with van der Waals surface area (Å²) in [6, 6.07) is 14.6. The zero-order chi connectivity index (χ0) is 21.0. The highest BCUT2D eigenvalue weighted by Crippen LogP contribution is 2.33. The fourth-order valence-corrected chi connectivity index (χ4v) is 4.09. The molecule has 0 bridgehead atoms. The maximum atomic E-state index is 12.2. The number of nitriles is 1. The van der Waals surface area contributed by atoms with Crippen molar-refractivity contribution in [2.75, 3.05) is 6.54 Å². The SMILES string of the molecule is N#Cc1ccccc1COc1ccc(/C=C2/SC(=O)N(CC(=O)O)C2=O)cc1I. The number of carbonyl (C=O) groups is 3. The van der Waals surface area contributed by atoms with Crippen molar-refractivity contribution >= 4 is 57.5 Å². The molecule has 9 heteroatoms. The Morgan fingerprint density at radius 1 is 1.28 bits per heavy atom. The van der Waals surface area contributed by atoms with Gasteiger partial charge in [0.1, 0.15) is 18.9 Å². The Labute approximate surface area is 184 Å². The molecule has 3 rings (SSSR count). The van der Waals surface area contributed by atoms with Crippen molar-refractivity contribution < 1.29 is 24.2 Å². The number of hydrogen-bond donors (Lipinski definition) is 1. The van der Waals surface area contributed by atoms with Gasteiger partial charge in [-0.1, -0.05) is 24.3 Å². The molecule has 1 aliphatic heterocycles. The van der Waals surface area contributed by atoms with E-state index in [0.717, 1.165) is 9.13 Å². The van der Waals surface area contributed by atoms with Crippen molar-refractivity contribution in [1.29, 1.82) is 5.26 Å². The molecule has 7 nitrogen and oxygen atoms in total. The summed E-state index contributed by atoms with van der Waals surface area (Å²) in [5, 5.41) is 17.4. The number of halogens is 1. The minimum atomic E-state index is -1.25. The second-order valence-electron chi connectivity index (χ2n) is 5.91. The van der Waals surface area contributed by atoms with Crippen molar-refractivity contribution in [3.05, 3.63) is 67.6 Å². The fourth-order valence-electron chi connectivity index (χ4n) is 2.56. The monoisotopic (exact) mass is 520 g/mol. The van der Waals surface area contributed by atoms with Crippen LogP contribution in [0.5, 0.6) is 5.75 Å². The number of thioether (sulfide) groups is 1. The van der Waals surface area contributed by atoms with Gasteiger partial charge in [0.25, 0.3) is 11.1 Å². The van der Waals surface area contributed by atoms with Crippen LogP contribution in [-0.4, -0.2) is 33.7 Å². The number of nitrogens with zero attached hydrogens (tertiary/aromatic N) is 2. The van der Waals surface area contributed by atoms with Crippen LogP contribution in [0.25, 0.3) is 6.08 Å². The molecule has 0 radical (unpaired) electrons. The highest BCUT2D eigenvalue weighted by Gasteiger charge is 2.36. The molecule has 0 spiro atoms. The van der Waals surface area contributed by atoms with Crippen molar-refractivity contribution in [3.63, 3.8) is 0 Å². The van der Waals surface area contributed by atoms with E-state index in [0.29, 0.717) is 33.5 Å². The number of hydrogen-bond acceptors (Lipinski definition) is 6. The molecule has 1 aliphatic rings. The number of aliphatic carboxylic acids is 1. The summed E-state index contributed by atoms with van der Waals surface area (Å²) >= 11 is 2.81. The largest absolute Gasteiger partial charge is 0.488 e. The van der Waals surface area contributed by atoms with Crippen molar-refractivity contribution in [2.24, 2.45) is 0 Å². The molecular formula is C20H13IN2O5S. The van der Waals surface area contributed by atoms with Crippen LogP contribution in [0.4, 0.5) is 4.79 Å². The van der Waals surface area contributed by atoms with E-state index in [2.05, 4.69) is 28.7 Å². The summed E-state index contributed by atoms with van der Waals surface area (Å²) in [5.74, 6) is -1.25. The van der Waals surface area contributed by atoms with Crippen molar-refractivity contribution in [1.82, 2.24) is 4.90 Å². The van der Waals surface area contributed by atoms with E-state index >= 15 is 0 Å². The number of benzene rings is 2. The molecule has 1 fully saturated rings. The average molecular weight is 520 g/mol. The van der Waals surface area contributed by atoms with Crippen LogP contribution < -0.4 is 4.74 Å². The Hall–Kier alpha value is -2.84. The van der Waals surface area contributed by atoms with Gasteiger partial charge >= 0.3 is 5.97 Å². The summed E-state index contributed by atoms with van der Waals surface area (Å²) in [6.07, 6.45) is 1.55. The van der Waals surface area contributed by atoms with Crippen LogP contribution in [0.1, 0.15) is 16.7 Å². The van der Waals surface area contributed by atoms with Gasteiger partial charge in [0.2, 0.25) is 0 Å². The standard InChI is InChI=1S/C20H13IN2O5S/c21-15-7-12(8-17-19(26)23(10-18(24)25)20(27)29-17)5-6-16(15)28-11-14-4-2-1-3-13(14)9-22/h1-8H,10-11H2,(H,24,25)/b17-8+. The van der Waals surface area contributed by atoms with Crippen LogP contribution in [0.15, 0.2) is 47.4 Å². The van der Waals surface area contributed by atoms with Crippen LogP contribution in [0.2, 0.25) is 0 Å². The van der Waals surface area contributed by atoms with E-state index in [1.54, 1.807) is 36.4 Å². The number of carbonyl (C=O) groups excluding carboxylic acids is 2. The number of ether oxygens (including phenoxy) is 1. The first-order chi connectivity index (χ1) is 13.9. The Bertz CT molecular complexity index is 1080. The lowest BCUT2D eigenvalue weighted by molar-refractivity contribution is -0.140. The average Bonchev–Trinajstić information content (AvgIpc) is 2.94. The third-order valence-corrected chi connectivity index (χ3v) is 5.69. The lowest BCUT2D eigenvalue weighted by Gasteiger charge is -2.10. The highest BCUT2D eigenvalue weighted by molar-refractivity contribution is 14.1. The van der Waals surface area contributed by atoms with Crippen LogP contribution in [-0.2, 0) is 16.2 Å². The lowest BCUT2D eigenvalue weighted by atomic mass is 10.1. The molecule has 0 atom stereocenters. The van der Waals surface area contributed by atoms with Gasteiger partial charge < -0.3 is 9.84 Å². The summed E-state index contributed by atoms with van der Waals surface area (Å²) in [5.41, 5.74) is 2.01. The molecule has 2 aromatic rings. The Balaban J connectivity index is 1.74. The number of rotatable bonds is 6. The second kappa shape index (κ2) is 9.11. The maximum absolute atomic E-state index is 12.2. The van der Waals surface area contributed by atoms with Gasteiger partial charge in [-0.3, -0.25) is 19.3 Å². The lowest BCUT2D eigenvalue weighted by Crippen LogP contribution is -2.33. The summed E-state index contributed by atoms with van der Waals surface area (Å²) in [4.78, 5) is 35.7. The fraction of sp³-hybridized carbons (Fsp3) is 0.100. The first-order valence-corrected chi connectivity index (χ1v) is 10.2. The smallest absolute Gasteiger partial charge is 0.323 e. The van der Waals surface area contributed by atoms with E-state index in [9.17, 15) is 14.4 Å². The van der Waals surface area contributed by atoms with Gasteiger partial charge in [-0.05, 0) is 64.2 Å². The number of amides is 2. The minimum Gasteiger partial charge on any atom is -0.488 e. The number of carboxylic acids is 1. The van der Waals surface area contributed by atoms with Gasteiger partial charge in [-0.2, -0.15) is 5.26 Å². The molecule has 2 aromatic carbocycles. The molecule has 1 N–H and O–H groups in total. The molecule has 1 saturated heterocycles. The highest BCUT2D eigenvalue weighted by atomic mass is 127. The van der Waals surface area contributed by atoms with E-state index in [-0.39, 0.29) is 11.5 Å². The first-order valence-electron chi connectivity index (χ1n) is 8.26. The Morgan fingerprint density at radius 2 is 2.03 bits per heavy atom. The van der Waals surface area contributed by atoms with Crippen LogP contribution in [0.3, 0.4) is 0 Å². The second-order valence-corrected chi connectivity index (χ2v) is 8.06. The Morgan fingerprint density at radius 3 is 2.72 bits per heavy atom. The minimum absolute atomic E-state index is 0.170. The van der Waals surface area contributed by atoms with Gasteiger partial charge in [-0.25, -0.2) is 0 Å². The maximum Gasteiger partial charge on any atom is 0.323 e. The normalized spacial score (nSPS) is 14.9. The van der Waals surface area contributed by atoms with Crippen molar-refractivity contribution in [3.8, 4) is 11.8 Å². The molecule has 0 aliphatic carbocycles. The van der Waals surface area contributed by atoms with Gasteiger partial charge in [0.05, 0.1) is 20.1 Å². The molecule has 146 valence electrons. The Kier molecular flexibility index (Phi) is 6.56. The first kappa shape index (κ1) is 20.9. The van der Waals surface area contributed by atoms with Crippen LogP contribution >= 0.6 is 34.4 Å². The molecule has 0 unspecified atom stereocenters. The van der Waals surface area contributed by atoms with E-state index < -0.39 is 23.7 Å². The van der Waals surface area contributed by atoms with Crippen molar-refractivity contribution in [2.45, 2.75) is 6.61 Å². The summed E-state index contributed by atoms with van der Waals surface area (Å²) in [7, 11) is 0. The van der Waals surface area contributed by atoms with E-state index in [1.807, 2.05) is 12.1 Å². The van der Waals surface area contributed by atoms with Gasteiger partial charge in [0.15, 0.2) is 0 Å². The van der Waals surface area contributed by atoms with Gasteiger partial charge in [0, 0.05) is 5.56 Å². The quantitative estimate of drug-likeness (QED) is 0.455. The molecule has 1 heterocycles. The summed E-state index contributed by atoms with van der Waals surface area (Å²) in [6.45, 7) is -0.413. The number of imide groups is 1. The third kappa shape index (κ3) is 4.96. The predicted molar refractivity (Wildman–Crippen MR) is 115 cm³/mol. The molecule has 2 amide bonds. The zero-order valence-electron chi connectivity index (χ0n) is 14.8. The summed E-state index contributed by atoms with van der Waals surface area (Å²) < 4.78 is 6.60. The molecule has 29 heavy (non-hydrogen) atoms. The van der Waals surface area contributed by atoms with E-state index in [4.69, 9.17) is 15.1 Å². The topological polar surface area (TPSA) is 108 Å². The predicted octanol–water partition coefficient (Wildman–Crippen LogP) is 3.86. The van der Waals surface area contributed by atoms with Crippen LogP contribution in [0, 0.1) is 14.9 Å². The third-order valence-electron chi connectivity index (χ3n) is 3.94.